The molecule has 1 saturated heterocycles. The first-order chi connectivity index (χ1) is 8.09. The fraction of sp³-hybridized carbons (Fsp3) is 0.417. The fourth-order valence-corrected chi connectivity index (χ4v) is 1.96. The number of nitrogens with one attached hydrogen (secondary N) is 1. The molecule has 3 nitrogen and oxygen atoms in total. The third-order valence-corrected chi connectivity index (χ3v) is 2.84. The second-order valence-corrected chi connectivity index (χ2v) is 4.21. The molecule has 1 atom stereocenters. The summed E-state index contributed by atoms with van der Waals surface area (Å²) < 4.78 is 26.5. The Morgan fingerprint density at radius 3 is 2.83 bits per heavy atom. The lowest BCUT2D eigenvalue weighted by molar-refractivity contribution is 0.0703. The summed E-state index contributed by atoms with van der Waals surface area (Å²) >= 11 is 0. The molecular formula is C12H15ClF2N2O. The molecule has 6 heteroatoms. The Morgan fingerprint density at radius 1 is 1.44 bits per heavy atom. The van der Waals surface area contributed by atoms with Crippen molar-refractivity contribution in [1.29, 1.82) is 0 Å². The molecule has 1 aromatic carbocycles. The van der Waals surface area contributed by atoms with Gasteiger partial charge in [-0.1, -0.05) is 6.07 Å². The summed E-state index contributed by atoms with van der Waals surface area (Å²) in [6.45, 7) is 3.64. The standard InChI is InChI=1S/C12H14F2N2O.ClH/c1-8-7-16(6-5-15-8)12(17)9-3-2-4-10(13)11(9)14;/h2-4,8,15H,5-7H2,1H3;1H. The van der Waals surface area contributed by atoms with Gasteiger partial charge in [0.2, 0.25) is 0 Å². The zero-order valence-electron chi connectivity index (χ0n) is 9.95. The summed E-state index contributed by atoms with van der Waals surface area (Å²) in [5.74, 6) is -2.50. The predicted molar refractivity (Wildman–Crippen MR) is 67.0 cm³/mol. The molecule has 0 spiro atoms. The van der Waals surface area contributed by atoms with Crippen LogP contribution in [0.3, 0.4) is 0 Å². The number of carbonyl (C=O) groups excluding carboxylic acids is 1. The van der Waals surface area contributed by atoms with Gasteiger partial charge in [-0.25, -0.2) is 8.78 Å². The molecule has 0 radical (unpaired) electrons. The SMILES string of the molecule is CC1CN(C(=O)c2cccc(F)c2F)CCN1.Cl. The van der Waals surface area contributed by atoms with Gasteiger partial charge < -0.3 is 10.2 Å². The lowest BCUT2D eigenvalue weighted by Crippen LogP contribution is -2.51. The third-order valence-electron chi connectivity index (χ3n) is 2.84. The van der Waals surface area contributed by atoms with Gasteiger partial charge in [0.25, 0.3) is 5.91 Å². The van der Waals surface area contributed by atoms with E-state index in [2.05, 4.69) is 5.32 Å². The van der Waals surface area contributed by atoms with Crippen molar-refractivity contribution in [1.82, 2.24) is 10.2 Å². The van der Waals surface area contributed by atoms with Crippen LogP contribution in [0.1, 0.15) is 17.3 Å². The largest absolute Gasteiger partial charge is 0.336 e. The molecule has 1 heterocycles. The molecule has 0 aromatic heterocycles. The minimum absolute atomic E-state index is 0. The summed E-state index contributed by atoms with van der Waals surface area (Å²) in [4.78, 5) is 13.6. The number of hydrogen-bond donors (Lipinski definition) is 1. The molecule has 0 saturated carbocycles. The quantitative estimate of drug-likeness (QED) is 0.849. The van der Waals surface area contributed by atoms with E-state index in [1.165, 1.54) is 12.1 Å². The van der Waals surface area contributed by atoms with Gasteiger partial charge in [0, 0.05) is 25.7 Å². The van der Waals surface area contributed by atoms with E-state index >= 15 is 0 Å². The molecular weight excluding hydrogens is 262 g/mol. The van der Waals surface area contributed by atoms with Crippen LogP contribution in [0.4, 0.5) is 8.78 Å². The van der Waals surface area contributed by atoms with Crippen LogP contribution in [0.2, 0.25) is 0 Å². The lowest BCUT2D eigenvalue weighted by atomic mass is 10.1. The Labute approximate surface area is 111 Å². The molecule has 1 N–H and O–H groups in total. The van der Waals surface area contributed by atoms with Gasteiger partial charge in [-0.2, -0.15) is 0 Å². The van der Waals surface area contributed by atoms with E-state index < -0.39 is 17.5 Å². The first-order valence-electron chi connectivity index (χ1n) is 5.56. The van der Waals surface area contributed by atoms with Crippen LogP contribution in [0.5, 0.6) is 0 Å². The Kier molecular flexibility index (Phi) is 5.04. The van der Waals surface area contributed by atoms with E-state index in [-0.39, 0.29) is 24.0 Å². The zero-order valence-corrected chi connectivity index (χ0v) is 10.8. The summed E-state index contributed by atoms with van der Waals surface area (Å²) in [7, 11) is 0. The topological polar surface area (TPSA) is 32.3 Å². The molecule has 18 heavy (non-hydrogen) atoms. The molecule has 1 aromatic rings. The van der Waals surface area contributed by atoms with Gasteiger partial charge in [0.1, 0.15) is 0 Å². The minimum atomic E-state index is -1.07. The van der Waals surface area contributed by atoms with Crippen LogP contribution in [0.25, 0.3) is 0 Å². The third kappa shape index (κ3) is 2.97. The van der Waals surface area contributed by atoms with Crippen LogP contribution < -0.4 is 5.32 Å². The van der Waals surface area contributed by atoms with E-state index in [9.17, 15) is 13.6 Å². The van der Waals surface area contributed by atoms with Gasteiger partial charge in [-0.15, -0.1) is 12.4 Å². The average Bonchev–Trinajstić information content (AvgIpc) is 2.32. The normalized spacial score (nSPS) is 19.3. The van der Waals surface area contributed by atoms with E-state index in [0.29, 0.717) is 19.6 Å². The van der Waals surface area contributed by atoms with Crippen molar-refractivity contribution >= 4 is 18.3 Å². The van der Waals surface area contributed by atoms with Crippen LogP contribution >= 0.6 is 12.4 Å². The number of nitrogens with zero attached hydrogens (tertiary/aromatic N) is 1. The first-order valence-corrected chi connectivity index (χ1v) is 5.56. The lowest BCUT2D eigenvalue weighted by Gasteiger charge is -2.32. The molecule has 1 aliphatic rings. The average molecular weight is 277 g/mol. The summed E-state index contributed by atoms with van der Waals surface area (Å²) in [6.07, 6.45) is 0. The van der Waals surface area contributed by atoms with Crippen molar-refractivity contribution in [2.24, 2.45) is 0 Å². The highest BCUT2D eigenvalue weighted by Crippen LogP contribution is 2.14. The zero-order chi connectivity index (χ0) is 12.4. The smallest absolute Gasteiger partial charge is 0.257 e. The fourth-order valence-electron chi connectivity index (χ4n) is 1.96. The second-order valence-electron chi connectivity index (χ2n) is 4.21. The first kappa shape index (κ1) is 14.9. The predicted octanol–water partition coefficient (Wildman–Crippen LogP) is 1.82. The van der Waals surface area contributed by atoms with E-state index in [4.69, 9.17) is 0 Å². The molecule has 1 amide bonds. The van der Waals surface area contributed by atoms with Gasteiger partial charge in [0.15, 0.2) is 11.6 Å². The summed E-state index contributed by atoms with van der Waals surface area (Å²) in [6, 6.07) is 3.83. The van der Waals surface area contributed by atoms with Crippen LogP contribution in [0, 0.1) is 11.6 Å². The maximum absolute atomic E-state index is 13.5. The number of hydrogen-bond acceptors (Lipinski definition) is 2. The Morgan fingerprint density at radius 2 is 2.17 bits per heavy atom. The number of piperazine rings is 1. The van der Waals surface area contributed by atoms with Crippen molar-refractivity contribution < 1.29 is 13.6 Å². The number of amides is 1. The summed E-state index contributed by atoms with van der Waals surface area (Å²) in [5, 5.41) is 3.18. The monoisotopic (exact) mass is 276 g/mol. The Hall–Kier alpha value is -1.20. The summed E-state index contributed by atoms with van der Waals surface area (Å²) in [5.41, 5.74) is -0.195. The molecule has 2 rings (SSSR count). The van der Waals surface area contributed by atoms with Crippen LogP contribution in [-0.4, -0.2) is 36.5 Å². The van der Waals surface area contributed by atoms with Crippen LogP contribution in [0.15, 0.2) is 18.2 Å². The van der Waals surface area contributed by atoms with Gasteiger partial charge in [-0.05, 0) is 19.1 Å². The van der Waals surface area contributed by atoms with Crippen molar-refractivity contribution in [2.45, 2.75) is 13.0 Å². The molecule has 1 aliphatic heterocycles. The highest BCUT2D eigenvalue weighted by molar-refractivity contribution is 5.94. The Bertz CT molecular complexity index is 442. The van der Waals surface area contributed by atoms with Gasteiger partial charge in [0.05, 0.1) is 5.56 Å². The Balaban J connectivity index is 0.00000162. The number of halogens is 3. The molecule has 1 unspecified atom stereocenters. The highest BCUT2D eigenvalue weighted by atomic mass is 35.5. The molecule has 0 aliphatic carbocycles. The van der Waals surface area contributed by atoms with E-state index in [0.717, 1.165) is 6.07 Å². The number of carbonyl (C=O) groups is 1. The molecule has 100 valence electrons. The minimum Gasteiger partial charge on any atom is -0.336 e. The highest BCUT2D eigenvalue weighted by Gasteiger charge is 2.24. The molecule has 0 bridgehead atoms. The van der Waals surface area contributed by atoms with E-state index in [1.807, 2.05) is 6.92 Å². The maximum Gasteiger partial charge on any atom is 0.257 e. The van der Waals surface area contributed by atoms with Crippen molar-refractivity contribution in [2.75, 3.05) is 19.6 Å². The van der Waals surface area contributed by atoms with Crippen LogP contribution in [-0.2, 0) is 0 Å². The van der Waals surface area contributed by atoms with Crippen molar-refractivity contribution in [3.63, 3.8) is 0 Å². The van der Waals surface area contributed by atoms with E-state index in [1.54, 1.807) is 4.90 Å². The number of benzene rings is 1. The van der Waals surface area contributed by atoms with Gasteiger partial charge >= 0.3 is 0 Å². The van der Waals surface area contributed by atoms with Crippen molar-refractivity contribution in [3.05, 3.63) is 35.4 Å². The van der Waals surface area contributed by atoms with Crippen molar-refractivity contribution in [3.8, 4) is 0 Å². The second kappa shape index (κ2) is 6.11. The van der Waals surface area contributed by atoms with Gasteiger partial charge in [-0.3, -0.25) is 4.79 Å². The number of rotatable bonds is 1. The maximum atomic E-state index is 13.5. The molecule has 1 fully saturated rings.